The number of pyridine rings is 1. The first-order valence-corrected chi connectivity index (χ1v) is 7.37. The molecule has 0 radical (unpaired) electrons. The van der Waals surface area contributed by atoms with Gasteiger partial charge < -0.3 is 0 Å². The van der Waals surface area contributed by atoms with Gasteiger partial charge in [-0.2, -0.15) is 0 Å². The molecule has 3 heteroatoms. The molecule has 0 fully saturated rings. The van der Waals surface area contributed by atoms with Gasteiger partial charge in [0.1, 0.15) is 5.65 Å². The molecule has 2 aromatic heterocycles. The van der Waals surface area contributed by atoms with Crippen LogP contribution >= 0.6 is 11.6 Å². The van der Waals surface area contributed by atoms with Crippen LogP contribution in [-0.4, -0.2) is 9.38 Å². The first-order chi connectivity index (χ1) is 10.7. The highest BCUT2D eigenvalue weighted by atomic mass is 35.5. The van der Waals surface area contributed by atoms with Crippen LogP contribution in [0.3, 0.4) is 0 Å². The molecule has 2 nitrogen and oxygen atoms in total. The first kappa shape index (κ1) is 13.1. The second-order valence-corrected chi connectivity index (χ2v) is 5.75. The molecule has 0 unspecified atom stereocenters. The van der Waals surface area contributed by atoms with Crippen molar-refractivity contribution >= 4 is 51.8 Å². The highest BCUT2D eigenvalue weighted by Gasteiger charge is 2.10. The normalized spacial score (nSPS) is 12.5. The van der Waals surface area contributed by atoms with Crippen molar-refractivity contribution in [3.05, 3.63) is 70.6 Å². The Morgan fingerprint density at radius 3 is 2.50 bits per heavy atom. The van der Waals surface area contributed by atoms with E-state index >= 15 is 0 Å². The van der Waals surface area contributed by atoms with Gasteiger partial charge in [-0.25, -0.2) is 4.98 Å². The molecular formula is C19H13ClN2. The van der Waals surface area contributed by atoms with E-state index in [4.69, 9.17) is 16.6 Å². The standard InChI is InChI=1S/C19H13ClN2/c1-12(20)11-15-13(2)19-21-16-8-4-6-10-18(16)22(19)17-9-5-3-7-14(15)17/h3-11H,1-2H2/b15-11+. The molecule has 0 amide bonds. The largest absolute Gasteiger partial charge is 0.292 e. The number of aromatic nitrogens is 2. The second kappa shape index (κ2) is 4.72. The second-order valence-electron chi connectivity index (χ2n) is 5.26. The molecule has 4 aromatic rings. The average Bonchev–Trinajstić information content (AvgIpc) is 2.91. The highest BCUT2D eigenvalue weighted by Crippen LogP contribution is 2.19. The van der Waals surface area contributed by atoms with Crippen LogP contribution in [-0.2, 0) is 0 Å². The summed E-state index contributed by atoms with van der Waals surface area (Å²) in [6.45, 7) is 8.01. The summed E-state index contributed by atoms with van der Waals surface area (Å²) in [5.41, 5.74) is 3.97. The zero-order chi connectivity index (χ0) is 15.3. The number of hydrogen-bond acceptors (Lipinski definition) is 1. The maximum atomic E-state index is 6.01. The summed E-state index contributed by atoms with van der Waals surface area (Å²) in [4.78, 5) is 4.74. The van der Waals surface area contributed by atoms with Gasteiger partial charge in [0, 0.05) is 15.6 Å². The molecule has 0 atom stereocenters. The minimum absolute atomic E-state index is 0.482. The lowest BCUT2D eigenvalue weighted by Crippen LogP contribution is -2.27. The number of nitrogens with zero attached hydrogens (tertiary/aromatic N) is 2. The fourth-order valence-corrected chi connectivity index (χ4v) is 3.08. The van der Waals surface area contributed by atoms with E-state index in [9.17, 15) is 0 Å². The zero-order valence-electron chi connectivity index (χ0n) is 11.9. The van der Waals surface area contributed by atoms with Gasteiger partial charge >= 0.3 is 0 Å². The SMILES string of the molecule is C=C(Cl)/C=c1\c(=C)c2nc3ccccc3n2c2ccccc12. The van der Waals surface area contributed by atoms with Crippen LogP contribution in [0.2, 0.25) is 0 Å². The summed E-state index contributed by atoms with van der Waals surface area (Å²) in [6, 6.07) is 16.3. The molecule has 0 bridgehead atoms. The van der Waals surface area contributed by atoms with Gasteiger partial charge in [0.2, 0.25) is 0 Å². The lowest BCUT2D eigenvalue weighted by molar-refractivity contribution is 1.27. The number of fused-ring (bicyclic) bond motifs is 5. The number of hydrogen-bond donors (Lipinski definition) is 0. The van der Waals surface area contributed by atoms with Crippen molar-refractivity contribution < 1.29 is 0 Å². The molecule has 0 saturated heterocycles. The highest BCUT2D eigenvalue weighted by molar-refractivity contribution is 6.33. The van der Waals surface area contributed by atoms with Crippen LogP contribution < -0.4 is 10.4 Å². The lowest BCUT2D eigenvalue weighted by atomic mass is 10.1. The van der Waals surface area contributed by atoms with Crippen LogP contribution in [0.1, 0.15) is 0 Å². The maximum Gasteiger partial charge on any atom is 0.145 e. The Balaban J connectivity index is 2.42. The van der Waals surface area contributed by atoms with E-state index in [1.165, 1.54) is 0 Å². The van der Waals surface area contributed by atoms with Crippen LogP contribution in [0.5, 0.6) is 0 Å². The third-order valence-electron chi connectivity index (χ3n) is 3.89. The minimum Gasteiger partial charge on any atom is -0.292 e. The van der Waals surface area contributed by atoms with Gasteiger partial charge in [0.05, 0.1) is 16.6 Å². The molecule has 0 aliphatic heterocycles. The predicted molar refractivity (Wildman–Crippen MR) is 94.4 cm³/mol. The Kier molecular flexibility index (Phi) is 2.81. The Morgan fingerprint density at radius 2 is 1.73 bits per heavy atom. The first-order valence-electron chi connectivity index (χ1n) is 7.00. The Labute approximate surface area is 132 Å². The maximum absolute atomic E-state index is 6.01. The Hall–Kier alpha value is -2.58. The summed E-state index contributed by atoms with van der Waals surface area (Å²) in [5.74, 6) is 0. The molecular weight excluding hydrogens is 292 g/mol. The smallest absolute Gasteiger partial charge is 0.145 e. The number of allylic oxidation sites excluding steroid dienone is 1. The number of imidazole rings is 1. The summed E-state index contributed by atoms with van der Waals surface area (Å²) >= 11 is 6.01. The molecule has 106 valence electrons. The van der Waals surface area contributed by atoms with E-state index in [1.807, 2.05) is 36.4 Å². The predicted octanol–water partition coefficient (Wildman–Crippen LogP) is 3.58. The molecule has 4 rings (SSSR count). The Morgan fingerprint density at radius 1 is 1.05 bits per heavy atom. The molecule has 2 heterocycles. The fraction of sp³-hybridized carbons (Fsp3) is 0. The lowest BCUT2D eigenvalue weighted by Gasteiger charge is -2.05. The topological polar surface area (TPSA) is 17.3 Å². The van der Waals surface area contributed by atoms with Crippen molar-refractivity contribution in [2.45, 2.75) is 0 Å². The van der Waals surface area contributed by atoms with Crippen molar-refractivity contribution in [3.63, 3.8) is 0 Å². The van der Waals surface area contributed by atoms with E-state index < -0.39 is 0 Å². The van der Waals surface area contributed by atoms with Crippen molar-refractivity contribution in [2.24, 2.45) is 0 Å². The van der Waals surface area contributed by atoms with E-state index in [0.29, 0.717) is 5.03 Å². The van der Waals surface area contributed by atoms with Crippen molar-refractivity contribution in [1.82, 2.24) is 9.38 Å². The van der Waals surface area contributed by atoms with E-state index in [2.05, 4.69) is 35.8 Å². The fourth-order valence-electron chi connectivity index (χ4n) is 2.97. The van der Waals surface area contributed by atoms with Crippen LogP contribution in [0, 0.1) is 0 Å². The summed E-state index contributed by atoms with van der Waals surface area (Å²) in [6.07, 6.45) is 1.85. The number of rotatable bonds is 1. The monoisotopic (exact) mass is 304 g/mol. The molecule has 0 N–H and O–H groups in total. The van der Waals surface area contributed by atoms with E-state index in [1.54, 1.807) is 0 Å². The summed E-state index contributed by atoms with van der Waals surface area (Å²) < 4.78 is 2.15. The van der Waals surface area contributed by atoms with E-state index in [0.717, 1.165) is 38.0 Å². The number of para-hydroxylation sites is 3. The summed E-state index contributed by atoms with van der Waals surface area (Å²) in [5, 5.41) is 3.40. The van der Waals surface area contributed by atoms with Gasteiger partial charge in [-0.15, -0.1) is 0 Å². The molecule has 22 heavy (non-hydrogen) atoms. The summed E-state index contributed by atoms with van der Waals surface area (Å²) in [7, 11) is 0. The molecule has 0 aliphatic carbocycles. The third kappa shape index (κ3) is 1.78. The van der Waals surface area contributed by atoms with Gasteiger partial charge in [-0.1, -0.05) is 55.1 Å². The minimum atomic E-state index is 0.482. The molecule has 0 spiro atoms. The van der Waals surface area contributed by atoms with Crippen LogP contribution in [0.15, 0.2) is 60.1 Å². The average molecular weight is 305 g/mol. The number of halogens is 1. The van der Waals surface area contributed by atoms with Crippen molar-refractivity contribution in [1.29, 1.82) is 0 Å². The van der Waals surface area contributed by atoms with Gasteiger partial charge in [-0.05, 0) is 29.5 Å². The Bertz CT molecular complexity index is 1170. The molecule has 2 aromatic carbocycles. The third-order valence-corrected chi connectivity index (χ3v) is 4.00. The molecule has 0 aliphatic rings. The van der Waals surface area contributed by atoms with E-state index in [-0.39, 0.29) is 0 Å². The quantitative estimate of drug-likeness (QED) is 0.525. The molecule has 0 saturated carbocycles. The van der Waals surface area contributed by atoms with Gasteiger partial charge in [-0.3, -0.25) is 4.40 Å². The van der Waals surface area contributed by atoms with Gasteiger partial charge in [0.15, 0.2) is 0 Å². The van der Waals surface area contributed by atoms with Crippen molar-refractivity contribution in [2.75, 3.05) is 0 Å². The van der Waals surface area contributed by atoms with Gasteiger partial charge in [0.25, 0.3) is 0 Å². The number of benzene rings is 2. The zero-order valence-corrected chi connectivity index (χ0v) is 12.6. The van der Waals surface area contributed by atoms with Crippen LogP contribution in [0.4, 0.5) is 0 Å². The van der Waals surface area contributed by atoms with Crippen LogP contribution in [0.25, 0.3) is 40.2 Å². The van der Waals surface area contributed by atoms with Crippen molar-refractivity contribution in [3.8, 4) is 0 Å².